The van der Waals surface area contributed by atoms with Gasteiger partial charge in [0.05, 0.1) is 23.8 Å². The molecule has 1 saturated heterocycles. The van der Waals surface area contributed by atoms with Gasteiger partial charge in [0.25, 0.3) is 0 Å². The highest BCUT2D eigenvalue weighted by Gasteiger charge is 2.28. The van der Waals surface area contributed by atoms with E-state index in [0.717, 1.165) is 43.9 Å². The lowest BCUT2D eigenvalue weighted by Crippen LogP contribution is -2.47. The van der Waals surface area contributed by atoms with E-state index in [1.165, 1.54) is 36.7 Å². The molecule has 330 valence electrons. The molecule has 15 heteroatoms. The van der Waals surface area contributed by atoms with Gasteiger partial charge in [-0.3, -0.25) is 9.80 Å². The molecule has 0 radical (unpaired) electrons. The molecule has 5 heterocycles. The van der Waals surface area contributed by atoms with E-state index in [4.69, 9.17) is 19.2 Å². The van der Waals surface area contributed by atoms with E-state index >= 15 is 4.39 Å². The number of carboxylic acids is 1. The van der Waals surface area contributed by atoms with Crippen molar-refractivity contribution in [3.05, 3.63) is 144 Å². The summed E-state index contributed by atoms with van der Waals surface area (Å²) in [5, 5.41) is 11.2. The summed E-state index contributed by atoms with van der Waals surface area (Å²) in [6.07, 6.45) is 4.96. The minimum atomic E-state index is -1.41. The largest absolute Gasteiger partial charge is 0.496 e. The van der Waals surface area contributed by atoms with E-state index in [-0.39, 0.29) is 24.7 Å². The van der Waals surface area contributed by atoms with Crippen molar-refractivity contribution in [3.63, 3.8) is 0 Å². The number of piperazine rings is 1. The molecule has 1 N–H and O–H groups in total. The summed E-state index contributed by atoms with van der Waals surface area (Å²) in [6, 6.07) is 21.0. The maximum atomic E-state index is 15.7. The molecule has 0 saturated carbocycles. The van der Waals surface area contributed by atoms with Crippen molar-refractivity contribution in [3.8, 4) is 39.2 Å². The molecule has 0 aliphatic carbocycles. The Hall–Kier alpha value is -6.39. The predicted octanol–water partition coefficient (Wildman–Crippen LogP) is 8.49. The highest BCUT2D eigenvalue weighted by molar-refractivity contribution is 7.22. The smallest absolute Gasteiger partial charge is 0.345 e. The molecule has 3 aromatic heterocycles. The molecule has 0 unspecified atom stereocenters. The van der Waals surface area contributed by atoms with Crippen LogP contribution in [0.4, 0.5) is 8.78 Å². The number of methoxy groups -OCH3 is 1. The molecule has 2 aliphatic rings. The summed E-state index contributed by atoms with van der Waals surface area (Å²) in [5.41, 5.74) is 5.02. The maximum absolute atomic E-state index is 15.7. The fourth-order valence-electron chi connectivity index (χ4n) is 7.87. The summed E-state index contributed by atoms with van der Waals surface area (Å²) >= 11 is 1.32. The molecular weight excluding hydrogens is 837 g/mol. The predicted molar refractivity (Wildman–Crippen MR) is 245 cm³/mol. The number of aromatic nitrogens is 4. The van der Waals surface area contributed by atoms with Crippen LogP contribution in [-0.2, 0) is 24.4 Å². The Bertz CT molecular complexity index is 2710. The Morgan fingerprint density at radius 2 is 1.73 bits per heavy atom. The third-order valence-corrected chi connectivity index (χ3v) is 12.6. The molecule has 12 nitrogen and oxygen atoms in total. The lowest BCUT2D eigenvalue weighted by atomic mass is 9.99. The number of fused-ring (bicyclic) bond motifs is 2. The number of para-hydroxylation sites is 1. The van der Waals surface area contributed by atoms with Gasteiger partial charge in [0, 0.05) is 75.4 Å². The number of benzene rings is 3. The van der Waals surface area contributed by atoms with Crippen LogP contribution in [0.5, 0.6) is 17.4 Å². The topological polar surface area (TPSA) is 126 Å². The fourth-order valence-corrected chi connectivity index (χ4v) is 9.04. The summed E-state index contributed by atoms with van der Waals surface area (Å²) in [7, 11) is 3.72. The second kappa shape index (κ2) is 20.0. The van der Waals surface area contributed by atoms with E-state index in [9.17, 15) is 14.3 Å². The van der Waals surface area contributed by atoms with Crippen molar-refractivity contribution in [1.82, 2.24) is 34.6 Å². The zero-order valence-electron chi connectivity index (χ0n) is 36.0. The Morgan fingerprint density at radius 1 is 0.953 bits per heavy atom. The Labute approximate surface area is 374 Å². The monoisotopic (exact) mass is 885 g/mol. The lowest BCUT2D eigenvalue weighted by molar-refractivity contribution is -0.145. The number of aliphatic carboxylic acids is 1. The van der Waals surface area contributed by atoms with Crippen LogP contribution >= 0.6 is 11.3 Å². The number of hydrogen-bond donors (Lipinski definition) is 1. The number of thiophene rings is 1. The summed E-state index contributed by atoms with van der Waals surface area (Å²) in [4.78, 5) is 39.6. The van der Waals surface area contributed by atoms with Gasteiger partial charge in [0.1, 0.15) is 40.9 Å². The minimum Gasteiger partial charge on any atom is -0.496 e. The highest BCUT2D eigenvalue weighted by atomic mass is 32.1. The van der Waals surface area contributed by atoms with Crippen LogP contribution in [0.3, 0.4) is 0 Å². The van der Waals surface area contributed by atoms with E-state index in [1.54, 1.807) is 43.7 Å². The van der Waals surface area contributed by atoms with E-state index in [0.29, 0.717) is 85.6 Å². The summed E-state index contributed by atoms with van der Waals surface area (Å²) < 4.78 is 48.3. The summed E-state index contributed by atoms with van der Waals surface area (Å²) in [5.74, 6) is -0.351. The molecule has 6 aromatic rings. The molecule has 1 fully saturated rings. The third-order valence-electron chi connectivity index (χ3n) is 11.4. The van der Waals surface area contributed by atoms with Gasteiger partial charge in [0.15, 0.2) is 5.82 Å². The van der Waals surface area contributed by atoms with Gasteiger partial charge in [-0.2, -0.15) is 0 Å². The molecule has 2 bridgehead atoms. The highest BCUT2D eigenvalue weighted by Crippen LogP contribution is 2.45. The number of ether oxygens (including phenoxy) is 3. The Balaban J connectivity index is 1.20. The van der Waals surface area contributed by atoms with Gasteiger partial charge in [0.2, 0.25) is 12.0 Å². The first-order valence-electron chi connectivity index (χ1n) is 21.0. The molecule has 1 atom stereocenters. The second-order valence-electron chi connectivity index (χ2n) is 15.9. The molecule has 8 rings (SSSR count). The normalized spacial score (nSPS) is 18.1. The first-order chi connectivity index (χ1) is 31.0. The quantitative estimate of drug-likeness (QED) is 0.142. The first kappa shape index (κ1) is 44.2. The third kappa shape index (κ3) is 10.3. The SMILES string of the molecule is C=C1/C=C\C(=C(/C)F)CN(CCN2CCN(C)CC2)Cc2ccc(OCc3ccnc(-c4ccccc4OC)n3)c(c2)C[C@H](C(=O)O)Oc2ncnc3sc(-c4ccc(F)cc4)c1c23. The fraction of sp³-hybridized carbons (Fsp3) is 0.286. The van der Waals surface area contributed by atoms with Crippen molar-refractivity contribution in [2.75, 3.05) is 60.0 Å². The van der Waals surface area contributed by atoms with Crippen molar-refractivity contribution < 1.29 is 32.9 Å². The molecular formula is C49H49F2N7O5S. The number of likely N-dealkylation sites (N-methyl/N-ethyl adjacent to an activating group) is 1. The van der Waals surface area contributed by atoms with Crippen LogP contribution in [0.1, 0.15) is 29.3 Å². The lowest BCUT2D eigenvalue weighted by Gasteiger charge is -2.34. The van der Waals surface area contributed by atoms with Gasteiger partial charge in [-0.05, 0) is 78.2 Å². The van der Waals surface area contributed by atoms with Crippen molar-refractivity contribution >= 4 is 33.1 Å². The molecule has 2 aliphatic heterocycles. The van der Waals surface area contributed by atoms with Gasteiger partial charge in [-0.15, -0.1) is 11.3 Å². The van der Waals surface area contributed by atoms with Crippen molar-refractivity contribution in [2.24, 2.45) is 0 Å². The van der Waals surface area contributed by atoms with Crippen LogP contribution in [-0.4, -0.2) is 112 Å². The molecule has 0 amide bonds. The average Bonchev–Trinajstić information content (AvgIpc) is 3.70. The molecule has 3 aromatic carbocycles. The number of halogens is 2. The molecule has 64 heavy (non-hydrogen) atoms. The van der Waals surface area contributed by atoms with E-state index in [1.807, 2.05) is 42.5 Å². The van der Waals surface area contributed by atoms with Crippen LogP contribution in [0.25, 0.3) is 37.6 Å². The molecule has 0 spiro atoms. The van der Waals surface area contributed by atoms with E-state index < -0.39 is 17.9 Å². The number of carbonyl (C=O) groups is 1. The number of allylic oxidation sites excluding steroid dienone is 3. The van der Waals surface area contributed by atoms with Gasteiger partial charge in [-0.25, -0.2) is 33.5 Å². The zero-order chi connectivity index (χ0) is 44.7. The number of nitrogens with zero attached hydrogens (tertiary/aromatic N) is 7. The van der Waals surface area contributed by atoms with Crippen LogP contribution in [0, 0.1) is 5.82 Å². The van der Waals surface area contributed by atoms with Gasteiger partial charge >= 0.3 is 5.97 Å². The number of carboxylic acid groups (broad SMARTS) is 1. The van der Waals surface area contributed by atoms with Crippen LogP contribution in [0.15, 0.2) is 115 Å². The minimum absolute atomic E-state index is 0.0367. The Morgan fingerprint density at radius 3 is 2.50 bits per heavy atom. The second-order valence-corrected chi connectivity index (χ2v) is 16.9. The van der Waals surface area contributed by atoms with Crippen LogP contribution < -0.4 is 14.2 Å². The number of hydrogen-bond acceptors (Lipinski definition) is 12. The van der Waals surface area contributed by atoms with Gasteiger partial charge < -0.3 is 24.2 Å². The van der Waals surface area contributed by atoms with Crippen LogP contribution in [0.2, 0.25) is 0 Å². The first-order valence-corrected chi connectivity index (χ1v) is 21.8. The van der Waals surface area contributed by atoms with Gasteiger partial charge in [-0.1, -0.05) is 55.1 Å². The van der Waals surface area contributed by atoms with Crippen molar-refractivity contribution in [2.45, 2.75) is 32.6 Å². The van der Waals surface area contributed by atoms with E-state index in [2.05, 4.69) is 43.3 Å². The standard InChI is InChI=1S/C49H49F2N7O5S/c1-31-9-11-35(32(2)50)28-58(24-23-57-21-19-56(3)20-22-57)27-33-10-16-40(62-29-38-17-18-52-46(55-38)39-7-5-6-8-41(39)61-4)36(25-33)26-42(49(59)60)63-47-44-43(31)45(64-48(44)54-30-53-47)34-12-14-37(51)15-13-34/h5-18,25,30,42H,1,19-24,26-29H2,2-4H3,(H,59,60)/b11-9-,35-32-/t42-/m1/s1. The maximum Gasteiger partial charge on any atom is 0.345 e. The summed E-state index contributed by atoms with van der Waals surface area (Å²) in [6.45, 7) is 11.9. The zero-order valence-corrected chi connectivity index (χ0v) is 36.8. The average molecular weight is 886 g/mol. The Kier molecular flexibility index (Phi) is 13.8. The van der Waals surface area contributed by atoms with Crippen molar-refractivity contribution in [1.29, 1.82) is 0 Å². The number of rotatable bonds is 10.